The van der Waals surface area contributed by atoms with Crippen LogP contribution < -0.4 is 0 Å². The second-order valence-corrected chi connectivity index (χ2v) is 3.61. The Labute approximate surface area is 78.5 Å². The van der Waals surface area contributed by atoms with Gasteiger partial charge in [-0.1, -0.05) is 26.7 Å². The Morgan fingerprint density at radius 3 is 2.38 bits per heavy atom. The molecule has 0 aromatic rings. The summed E-state index contributed by atoms with van der Waals surface area (Å²) in [4.78, 5) is 21.9. The lowest BCUT2D eigenvalue weighted by Crippen LogP contribution is -2.12. The Balaban J connectivity index is 2.44. The SMILES string of the molecule is CCC(CC)CC1CC(=O)OC1=O. The highest BCUT2D eigenvalue weighted by atomic mass is 16.6. The molecule has 0 aromatic carbocycles. The van der Waals surface area contributed by atoms with Crippen LogP contribution >= 0.6 is 0 Å². The molecule has 0 aliphatic carbocycles. The number of ether oxygens (including phenoxy) is 1. The van der Waals surface area contributed by atoms with Gasteiger partial charge in [0.2, 0.25) is 0 Å². The third-order valence-electron chi connectivity index (χ3n) is 2.73. The van der Waals surface area contributed by atoms with Crippen molar-refractivity contribution in [3.8, 4) is 0 Å². The zero-order valence-corrected chi connectivity index (χ0v) is 8.21. The van der Waals surface area contributed by atoms with Gasteiger partial charge in [0.25, 0.3) is 0 Å². The quantitative estimate of drug-likeness (QED) is 0.495. The largest absolute Gasteiger partial charge is 0.393 e. The topological polar surface area (TPSA) is 43.4 Å². The molecular weight excluding hydrogens is 168 g/mol. The molecule has 1 unspecified atom stereocenters. The first-order chi connectivity index (χ1) is 6.17. The summed E-state index contributed by atoms with van der Waals surface area (Å²) in [7, 11) is 0. The predicted molar refractivity (Wildman–Crippen MR) is 47.9 cm³/mol. The molecule has 1 fully saturated rings. The van der Waals surface area contributed by atoms with E-state index in [9.17, 15) is 9.59 Å². The number of rotatable bonds is 4. The number of hydrogen-bond donors (Lipinski definition) is 0. The van der Waals surface area contributed by atoms with Crippen LogP contribution in [0.2, 0.25) is 0 Å². The number of carbonyl (C=O) groups excluding carboxylic acids is 2. The summed E-state index contributed by atoms with van der Waals surface area (Å²) in [6.45, 7) is 4.21. The molecule has 1 aliphatic rings. The zero-order valence-electron chi connectivity index (χ0n) is 8.21. The lowest BCUT2D eigenvalue weighted by molar-refractivity contribution is -0.153. The second kappa shape index (κ2) is 4.40. The van der Waals surface area contributed by atoms with Crippen LogP contribution in [0.25, 0.3) is 0 Å². The molecule has 1 saturated heterocycles. The van der Waals surface area contributed by atoms with E-state index in [1.807, 2.05) is 0 Å². The van der Waals surface area contributed by atoms with Gasteiger partial charge in [0.05, 0.1) is 12.3 Å². The Morgan fingerprint density at radius 2 is 2.00 bits per heavy atom. The summed E-state index contributed by atoms with van der Waals surface area (Å²) in [5.41, 5.74) is 0. The van der Waals surface area contributed by atoms with Crippen molar-refractivity contribution in [3.63, 3.8) is 0 Å². The Morgan fingerprint density at radius 1 is 1.38 bits per heavy atom. The van der Waals surface area contributed by atoms with E-state index < -0.39 is 0 Å². The van der Waals surface area contributed by atoms with E-state index in [2.05, 4.69) is 18.6 Å². The first-order valence-corrected chi connectivity index (χ1v) is 4.91. The second-order valence-electron chi connectivity index (χ2n) is 3.61. The maximum absolute atomic E-state index is 11.1. The Kier molecular flexibility index (Phi) is 3.46. The summed E-state index contributed by atoms with van der Waals surface area (Å²) < 4.78 is 4.49. The van der Waals surface area contributed by atoms with Crippen LogP contribution in [0, 0.1) is 11.8 Å². The van der Waals surface area contributed by atoms with Crippen molar-refractivity contribution in [1.82, 2.24) is 0 Å². The van der Waals surface area contributed by atoms with Crippen molar-refractivity contribution in [2.24, 2.45) is 11.8 Å². The molecule has 13 heavy (non-hydrogen) atoms. The fourth-order valence-electron chi connectivity index (χ4n) is 1.73. The molecule has 0 aromatic heterocycles. The molecule has 1 rings (SSSR count). The van der Waals surface area contributed by atoms with Gasteiger partial charge >= 0.3 is 11.9 Å². The van der Waals surface area contributed by atoms with Crippen molar-refractivity contribution in [3.05, 3.63) is 0 Å². The molecule has 0 radical (unpaired) electrons. The maximum Gasteiger partial charge on any atom is 0.317 e. The van der Waals surface area contributed by atoms with Gasteiger partial charge in [-0.25, -0.2) is 0 Å². The van der Waals surface area contributed by atoms with Gasteiger partial charge in [-0.3, -0.25) is 9.59 Å². The predicted octanol–water partition coefficient (Wildman–Crippen LogP) is 1.90. The summed E-state index contributed by atoms with van der Waals surface area (Å²) >= 11 is 0. The van der Waals surface area contributed by atoms with Gasteiger partial charge in [0.15, 0.2) is 0 Å². The van der Waals surface area contributed by atoms with Crippen molar-refractivity contribution < 1.29 is 14.3 Å². The van der Waals surface area contributed by atoms with E-state index >= 15 is 0 Å². The fourth-order valence-corrected chi connectivity index (χ4v) is 1.73. The standard InChI is InChI=1S/C10H16O3/c1-3-7(4-2)5-8-6-9(11)13-10(8)12/h7-8H,3-6H2,1-2H3. The monoisotopic (exact) mass is 184 g/mol. The molecule has 1 aliphatic heterocycles. The normalized spacial score (nSPS) is 22.5. The third-order valence-corrected chi connectivity index (χ3v) is 2.73. The minimum atomic E-state index is -0.360. The molecule has 74 valence electrons. The van der Waals surface area contributed by atoms with E-state index in [0.29, 0.717) is 5.92 Å². The van der Waals surface area contributed by atoms with Gasteiger partial charge in [-0.05, 0) is 12.3 Å². The third kappa shape index (κ3) is 2.54. The molecule has 0 N–H and O–H groups in total. The van der Waals surface area contributed by atoms with Gasteiger partial charge in [-0.15, -0.1) is 0 Å². The number of esters is 2. The highest BCUT2D eigenvalue weighted by molar-refractivity contribution is 5.94. The van der Waals surface area contributed by atoms with E-state index in [0.717, 1.165) is 19.3 Å². The van der Waals surface area contributed by atoms with Gasteiger partial charge in [0.1, 0.15) is 0 Å². The summed E-state index contributed by atoms with van der Waals surface area (Å²) in [6, 6.07) is 0. The number of hydrogen-bond acceptors (Lipinski definition) is 3. The van der Waals surface area contributed by atoms with Gasteiger partial charge in [-0.2, -0.15) is 0 Å². The van der Waals surface area contributed by atoms with Crippen LogP contribution in [-0.4, -0.2) is 11.9 Å². The Bertz CT molecular complexity index is 206. The highest BCUT2D eigenvalue weighted by Crippen LogP contribution is 2.26. The van der Waals surface area contributed by atoms with E-state index in [1.165, 1.54) is 0 Å². The maximum atomic E-state index is 11.1. The number of cyclic esters (lactones) is 2. The number of carbonyl (C=O) groups is 2. The molecule has 3 nitrogen and oxygen atoms in total. The summed E-state index contributed by atoms with van der Waals surface area (Å²) in [5, 5.41) is 0. The lowest BCUT2D eigenvalue weighted by atomic mass is 9.90. The van der Waals surface area contributed by atoms with Crippen molar-refractivity contribution in [1.29, 1.82) is 0 Å². The lowest BCUT2D eigenvalue weighted by Gasteiger charge is -2.13. The fraction of sp³-hybridized carbons (Fsp3) is 0.800. The first-order valence-electron chi connectivity index (χ1n) is 4.91. The summed E-state index contributed by atoms with van der Waals surface area (Å²) in [6.07, 6.45) is 3.22. The van der Waals surface area contributed by atoms with E-state index in [4.69, 9.17) is 0 Å². The van der Waals surface area contributed by atoms with Crippen LogP contribution in [0.3, 0.4) is 0 Å². The Hall–Kier alpha value is -0.860. The minimum absolute atomic E-state index is 0.169. The summed E-state index contributed by atoms with van der Waals surface area (Å²) in [5.74, 6) is -0.307. The van der Waals surface area contributed by atoms with Crippen molar-refractivity contribution >= 4 is 11.9 Å². The molecule has 0 spiro atoms. The van der Waals surface area contributed by atoms with Crippen LogP contribution in [0.1, 0.15) is 39.5 Å². The average Bonchev–Trinajstić information content (AvgIpc) is 2.41. The molecule has 0 saturated carbocycles. The molecule has 1 atom stereocenters. The average molecular weight is 184 g/mol. The van der Waals surface area contributed by atoms with Crippen molar-refractivity contribution in [2.75, 3.05) is 0 Å². The van der Waals surface area contributed by atoms with Crippen LogP contribution in [0.15, 0.2) is 0 Å². The highest BCUT2D eigenvalue weighted by Gasteiger charge is 2.34. The minimum Gasteiger partial charge on any atom is -0.393 e. The van der Waals surface area contributed by atoms with Crippen LogP contribution in [0.5, 0.6) is 0 Å². The van der Waals surface area contributed by atoms with Crippen LogP contribution in [0.4, 0.5) is 0 Å². The smallest absolute Gasteiger partial charge is 0.317 e. The van der Waals surface area contributed by atoms with Gasteiger partial charge < -0.3 is 4.74 Å². The molecule has 1 heterocycles. The first kappa shape index (κ1) is 10.2. The zero-order chi connectivity index (χ0) is 9.84. The molecule has 0 amide bonds. The molecule has 0 bridgehead atoms. The van der Waals surface area contributed by atoms with E-state index in [1.54, 1.807) is 0 Å². The molecular formula is C10H16O3. The van der Waals surface area contributed by atoms with E-state index in [-0.39, 0.29) is 24.3 Å². The molecule has 3 heteroatoms. The van der Waals surface area contributed by atoms with Crippen molar-refractivity contribution in [2.45, 2.75) is 39.5 Å². The van der Waals surface area contributed by atoms with Gasteiger partial charge in [0, 0.05) is 0 Å². The van der Waals surface area contributed by atoms with Crippen LogP contribution in [-0.2, 0) is 14.3 Å².